The van der Waals surface area contributed by atoms with Crippen LogP contribution in [0.5, 0.6) is 0 Å². The Kier molecular flexibility index (Phi) is 4.19. The highest BCUT2D eigenvalue weighted by Crippen LogP contribution is 2.19. The largest absolute Gasteiger partial charge is 0.0990 e. The van der Waals surface area contributed by atoms with Crippen molar-refractivity contribution >= 4 is 31.9 Å². The van der Waals surface area contributed by atoms with E-state index in [1.165, 1.54) is 0 Å². The first-order chi connectivity index (χ1) is 3.68. The maximum Gasteiger partial charge on any atom is 0.0311 e. The molecule has 2 heteroatoms. The van der Waals surface area contributed by atoms with Gasteiger partial charge in [0.25, 0.3) is 0 Å². The number of hydrogen-bond donors (Lipinski definition) is 0. The minimum Gasteiger partial charge on any atom is -0.0990 e. The molecule has 44 valence electrons. The molecule has 0 saturated carbocycles. The second-order valence-electron chi connectivity index (χ2n) is 1.16. The normalized spacial score (nSPS) is 11.0. The molecule has 0 rings (SSSR count). The lowest BCUT2D eigenvalue weighted by molar-refractivity contribution is 1.91. The first kappa shape index (κ1) is 8.18. The molecule has 0 aliphatic heterocycles. The van der Waals surface area contributed by atoms with E-state index < -0.39 is 0 Å². The van der Waals surface area contributed by atoms with Crippen LogP contribution in [0.2, 0.25) is 0 Å². The SMILES string of the molecule is C=C/C=C(/Br)C(=C)Br. The zero-order valence-corrected chi connectivity index (χ0v) is 7.50. The van der Waals surface area contributed by atoms with Crippen LogP contribution in [0.25, 0.3) is 0 Å². The molecule has 0 aliphatic rings. The number of hydrogen-bond acceptors (Lipinski definition) is 0. The van der Waals surface area contributed by atoms with Crippen molar-refractivity contribution in [3.63, 3.8) is 0 Å². The lowest BCUT2D eigenvalue weighted by Crippen LogP contribution is -1.62. The summed E-state index contributed by atoms with van der Waals surface area (Å²) < 4.78 is 1.75. The molecule has 0 atom stereocenters. The van der Waals surface area contributed by atoms with Gasteiger partial charge in [-0.25, -0.2) is 0 Å². The summed E-state index contributed by atoms with van der Waals surface area (Å²) in [7, 11) is 0. The Morgan fingerprint density at radius 3 is 2.00 bits per heavy atom. The molecule has 0 N–H and O–H groups in total. The second-order valence-corrected chi connectivity index (χ2v) is 2.97. The van der Waals surface area contributed by atoms with Gasteiger partial charge < -0.3 is 0 Å². The molecule has 0 heterocycles. The quantitative estimate of drug-likeness (QED) is 0.647. The highest BCUT2D eigenvalue weighted by Gasteiger charge is 1.87. The van der Waals surface area contributed by atoms with Crippen LogP contribution in [0.4, 0.5) is 0 Å². The van der Waals surface area contributed by atoms with Crippen LogP contribution in [0, 0.1) is 0 Å². The zero-order chi connectivity index (χ0) is 6.57. The number of halogens is 2. The summed E-state index contributed by atoms with van der Waals surface area (Å²) in [4.78, 5) is 0. The molecule has 8 heavy (non-hydrogen) atoms. The maximum atomic E-state index is 3.63. The molecular formula is C6H6Br2. The van der Waals surface area contributed by atoms with Gasteiger partial charge in [0.2, 0.25) is 0 Å². The maximum absolute atomic E-state index is 3.63. The molecule has 0 amide bonds. The third-order valence-corrected chi connectivity index (χ3v) is 2.23. The topological polar surface area (TPSA) is 0 Å². The molecule has 0 saturated heterocycles. The summed E-state index contributed by atoms with van der Waals surface area (Å²) in [6, 6.07) is 0. The highest BCUT2D eigenvalue weighted by atomic mass is 79.9. The van der Waals surface area contributed by atoms with Gasteiger partial charge in [0.1, 0.15) is 0 Å². The Balaban J connectivity index is 3.99. The molecule has 0 aromatic rings. The van der Waals surface area contributed by atoms with Crippen molar-refractivity contribution in [2.75, 3.05) is 0 Å². The summed E-state index contributed by atoms with van der Waals surface area (Å²) in [5, 5.41) is 0. The third kappa shape index (κ3) is 3.22. The average Bonchev–Trinajstić information content (AvgIpc) is 1.67. The van der Waals surface area contributed by atoms with Crippen LogP contribution in [0.3, 0.4) is 0 Å². The molecule has 0 unspecified atom stereocenters. The molecule has 0 aromatic carbocycles. The van der Waals surface area contributed by atoms with Crippen LogP contribution < -0.4 is 0 Å². The lowest BCUT2D eigenvalue weighted by atomic mass is 10.5. The van der Waals surface area contributed by atoms with Crippen molar-refractivity contribution in [1.82, 2.24) is 0 Å². The minimum absolute atomic E-state index is 0.831. The van der Waals surface area contributed by atoms with Crippen molar-refractivity contribution < 1.29 is 0 Å². The predicted octanol–water partition coefficient (Wildman–Crippen LogP) is 3.36. The Hall–Kier alpha value is 0.180. The van der Waals surface area contributed by atoms with Gasteiger partial charge in [0, 0.05) is 8.96 Å². The Bertz CT molecular complexity index is 133. The van der Waals surface area contributed by atoms with Crippen molar-refractivity contribution in [3.8, 4) is 0 Å². The molecule has 0 aliphatic carbocycles. The van der Waals surface area contributed by atoms with E-state index in [0.717, 1.165) is 8.96 Å². The van der Waals surface area contributed by atoms with E-state index in [4.69, 9.17) is 0 Å². The molecule has 0 nitrogen and oxygen atoms in total. The van der Waals surface area contributed by atoms with Crippen LogP contribution in [-0.4, -0.2) is 0 Å². The number of rotatable bonds is 2. The van der Waals surface area contributed by atoms with Gasteiger partial charge in [0.05, 0.1) is 0 Å². The fourth-order valence-corrected chi connectivity index (χ4v) is 0.513. The van der Waals surface area contributed by atoms with E-state index in [1.807, 2.05) is 6.08 Å². The minimum atomic E-state index is 0.831. The fraction of sp³-hybridized carbons (Fsp3) is 0. The van der Waals surface area contributed by atoms with Crippen LogP contribution >= 0.6 is 31.9 Å². The van der Waals surface area contributed by atoms with Gasteiger partial charge >= 0.3 is 0 Å². The first-order valence-electron chi connectivity index (χ1n) is 2.01. The summed E-state index contributed by atoms with van der Waals surface area (Å²) >= 11 is 6.43. The van der Waals surface area contributed by atoms with Gasteiger partial charge in [-0.3, -0.25) is 0 Å². The van der Waals surface area contributed by atoms with E-state index in [1.54, 1.807) is 6.08 Å². The zero-order valence-electron chi connectivity index (χ0n) is 4.32. The monoisotopic (exact) mass is 236 g/mol. The summed E-state index contributed by atoms with van der Waals surface area (Å²) in [5.74, 6) is 0. The Labute approximate surface area is 66.2 Å². The highest BCUT2D eigenvalue weighted by molar-refractivity contribution is 9.15. The Morgan fingerprint density at radius 2 is 1.88 bits per heavy atom. The van der Waals surface area contributed by atoms with Crippen LogP contribution in [0.15, 0.2) is 34.3 Å². The Morgan fingerprint density at radius 1 is 1.38 bits per heavy atom. The van der Waals surface area contributed by atoms with Crippen molar-refractivity contribution in [1.29, 1.82) is 0 Å². The molecule has 0 aromatic heterocycles. The van der Waals surface area contributed by atoms with Gasteiger partial charge in [0.15, 0.2) is 0 Å². The molecule has 0 bridgehead atoms. The van der Waals surface area contributed by atoms with E-state index in [0.29, 0.717) is 0 Å². The predicted molar refractivity (Wildman–Crippen MR) is 45.3 cm³/mol. The summed E-state index contributed by atoms with van der Waals surface area (Å²) in [5.41, 5.74) is 0. The van der Waals surface area contributed by atoms with Crippen molar-refractivity contribution in [2.24, 2.45) is 0 Å². The molecule has 0 fully saturated rings. The van der Waals surface area contributed by atoms with Gasteiger partial charge in [-0.2, -0.15) is 0 Å². The van der Waals surface area contributed by atoms with Gasteiger partial charge in [-0.15, -0.1) is 0 Å². The lowest BCUT2D eigenvalue weighted by Gasteiger charge is -1.87. The van der Waals surface area contributed by atoms with Gasteiger partial charge in [-0.05, 0) is 22.0 Å². The summed E-state index contributed by atoms with van der Waals surface area (Å²) in [6.45, 7) is 7.14. The van der Waals surface area contributed by atoms with E-state index >= 15 is 0 Å². The standard InChI is InChI=1S/C6H6Br2/c1-3-4-6(8)5(2)7/h3-4H,1-2H2/b6-4+. The molecule has 0 spiro atoms. The van der Waals surface area contributed by atoms with E-state index in [-0.39, 0.29) is 0 Å². The van der Waals surface area contributed by atoms with Gasteiger partial charge in [-0.1, -0.05) is 35.2 Å². The molecular weight excluding hydrogens is 232 g/mol. The summed E-state index contributed by atoms with van der Waals surface area (Å²) in [6.07, 6.45) is 3.51. The van der Waals surface area contributed by atoms with E-state index in [9.17, 15) is 0 Å². The second kappa shape index (κ2) is 4.10. The van der Waals surface area contributed by atoms with Crippen molar-refractivity contribution in [3.05, 3.63) is 34.3 Å². The third-order valence-electron chi connectivity index (χ3n) is 0.523. The first-order valence-corrected chi connectivity index (χ1v) is 3.60. The van der Waals surface area contributed by atoms with E-state index in [2.05, 4.69) is 45.0 Å². The van der Waals surface area contributed by atoms with Crippen LogP contribution in [0.1, 0.15) is 0 Å². The van der Waals surface area contributed by atoms with Crippen molar-refractivity contribution in [2.45, 2.75) is 0 Å². The molecule has 0 radical (unpaired) electrons. The fourth-order valence-electron chi connectivity index (χ4n) is 0.194. The van der Waals surface area contributed by atoms with Crippen LogP contribution in [-0.2, 0) is 0 Å². The number of allylic oxidation sites excluding steroid dienone is 4. The average molecular weight is 238 g/mol. The smallest absolute Gasteiger partial charge is 0.0311 e.